The molecule has 0 aliphatic heterocycles. The van der Waals surface area contributed by atoms with Crippen molar-refractivity contribution in [3.8, 4) is 0 Å². The van der Waals surface area contributed by atoms with Crippen LogP contribution in [0.3, 0.4) is 0 Å². The van der Waals surface area contributed by atoms with Gasteiger partial charge < -0.3 is 21.7 Å². The molecule has 0 aliphatic carbocycles. The number of carboxylic acids is 2. The van der Waals surface area contributed by atoms with Crippen molar-refractivity contribution >= 4 is 35.3 Å². The molecular weight excluding hydrogens is 340 g/mol. The number of hydrogen-bond donors (Lipinski definition) is 4. The molecule has 0 bridgehead atoms. The molecule has 0 spiro atoms. The first-order valence-corrected chi connectivity index (χ1v) is 7.71. The van der Waals surface area contributed by atoms with Crippen LogP contribution in [0.15, 0.2) is 24.3 Å². The highest BCUT2D eigenvalue weighted by atomic mass is 16.4. The van der Waals surface area contributed by atoms with E-state index in [1.165, 1.54) is 24.3 Å². The van der Waals surface area contributed by atoms with E-state index >= 15 is 0 Å². The summed E-state index contributed by atoms with van der Waals surface area (Å²) in [6.45, 7) is 5.31. The summed E-state index contributed by atoms with van der Waals surface area (Å²) >= 11 is 0. The van der Waals surface area contributed by atoms with Crippen molar-refractivity contribution in [3.63, 3.8) is 0 Å². The second kappa shape index (κ2) is 11.5. The lowest BCUT2D eigenvalue weighted by molar-refractivity contribution is 0.0686. The average molecular weight is 362 g/mol. The van der Waals surface area contributed by atoms with Crippen LogP contribution in [0, 0.1) is 0 Å². The van der Waals surface area contributed by atoms with Crippen LogP contribution in [0.5, 0.6) is 0 Å². The molecule has 2 aromatic carbocycles. The molecular formula is C18H22N2O6. The Hall–Kier alpha value is -3.10. The fourth-order valence-electron chi connectivity index (χ4n) is 2.10. The topological polar surface area (TPSA) is 161 Å². The maximum absolute atomic E-state index is 11.2. The summed E-state index contributed by atoms with van der Waals surface area (Å²) in [6, 6.07) is 4.79. The minimum atomic E-state index is -1.31. The van der Waals surface area contributed by atoms with Crippen LogP contribution in [-0.4, -0.2) is 47.8 Å². The molecule has 8 nitrogen and oxygen atoms in total. The van der Waals surface area contributed by atoms with Crippen LogP contribution in [0.4, 0.5) is 0 Å². The number of benzene rings is 2. The maximum atomic E-state index is 11.2. The van der Waals surface area contributed by atoms with E-state index in [1.807, 2.05) is 13.8 Å². The minimum Gasteiger partial charge on any atom is -0.478 e. The Labute approximate surface area is 150 Å². The summed E-state index contributed by atoms with van der Waals surface area (Å²) in [5.74, 6) is -2.61. The third-order valence-corrected chi connectivity index (χ3v) is 2.94. The highest BCUT2D eigenvalue weighted by Crippen LogP contribution is 2.28. The van der Waals surface area contributed by atoms with Crippen LogP contribution in [0.25, 0.3) is 10.8 Å². The van der Waals surface area contributed by atoms with E-state index in [1.54, 1.807) is 0 Å². The van der Waals surface area contributed by atoms with Gasteiger partial charge in [-0.1, -0.05) is 26.0 Å². The standard InChI is InChI=1S/C14H8O6.2C2H7N/c15-5-7-1-3-9(13(17)18)12-8(6-16)2-4-10(11(7)12)14(19)20;2*1-2-3/h1-6H,(H,17,18)(H,19,20);2*2-3H2,1H3. The SMILES string of the molecule is CCN.CCN.O=Cc1ccc(C(=O)O)c2c(C=O)ccc(C(=O)O)c12. The van der Waals surface area contributed by atoms with Gasteiger partial charge in [-0.15, -0.1) is 0 Å². The number of fused-ring (bicyclic) bond motifs is 1. The summed E-state index contributed by atoms with van der Waals surface area (Å²) in [4.78, 5) is 44.5. The van der Waals surface area contributed by atoms with Gasteiger partial charge in [-0.25, -0.2) is 9.59 Å². The van der Waals surface area contributed by atoms with Gasteiger partial charge in [0.25, 0.3) is 0 Å². The minimum absolute atomic E-state index is 0.0195. The Morgan fingerprint density at radius 3 is 1.27 bits per heavy atom. The highest BCUT2D eigenvalue weighted by molar-refractivity contribution is 6.19. The highest BCUT2D eigenvalue weighted by Gasteiger charge is 2.20. The fourth-order valence-corrected chi connectivity index (χ4v) is 2.10. The van der Waals surface area contributed by atoms with Crippen LogP contribution >= 0.6 is 0 Å². The summed E-state index contributed by atoms with van der Waals surface area (Å²) in [6.07, 6.45) is 0.851. The van der Waals surface area contributed by atoms with Gasteiger partial charge in [0, 0.05) is 21.9 Å². The van der Waals surface area contributed by atoms with Crippen LogP contribution in [0.1, 0.15) is 55.3 Å². The van der Waals surface area contributed by atoms with Gasteiger partial charge in [0.05, 0.1) is 11.1 Å². The number of aromatic carboxylic acids is 2. The number of aldehydes is 2. The molecule has 2 aromatic rings. The Morgan fingerprint density at radius 2 is 1.08 bits per heavy atom. The normalized spacial score (nSPS) is 9.23. The van der Waals surface area contributed by atoms with Crippen molar-refractivity contribution in [2.24, 2.45) is 11.5 Å². The van der Waals surface area contributed by atoms with E-state index in [9.17, 15) is 19.2 Å². The number of carbonyl (C=O) groups excluding carboxylic acids is 2. The van der Waals surface area contributed by atoms with E-state index in [0.29, 0.717) is 12.6 Å². The second-order valence-electron chi connectivity index (χ2n) is 4.82. The molecule has 2 rings (SSSR count). The monoisotopic (exact) mass is 362 g/mol. The Bertz CT molecular complexity index is 735. The largest absolute Gasteiger partial charge is 0.478 e. The van der Waals surface area contributed by atoms with E-state index < -0.39 is 11.9 Å². The lowest BCUT2D eigenvalue weighted by Gasteiger charge is -2.10. The van der Waals surface area contributed by atoms with Gasteiger partial charge >= 0.3 is 11.9 Å². The summed E-state index contributed by atoms with van der Waals surface area (Å²) in [5.41, 5.74) is 9.28. The van der Waals surface area contributed by atoms with E-state index in [0.717, 1.165) is 13.1 Å². The molecule has 8 heteroatoms. The number of carbonyl (C=O) groups is 4. The molecule has 26 heavy (non-hydrogen) atoms. The zero-order valence-corrected chi connectivity index (χ0v) is 14.6. The number of carboxylic acid groups (broad SMARTS) is 2. The molecule has 0 aromatic heterocycles. The van der Waals surface area contributed by atoms with Crippen molar-refractivity contribution in [2.75, 3.05) is 13.1 Å². The summed E-state index contributed by atoms with van der Waals surface area (Å²) in [5, 5.41) is 18.2. The maximum Gasteiger partial charge on any atom is 0.336 e. The van der Waals surface area contributed by atoms with Gasteiger partial charge in [0.15, 0.2) is 12.6 Å². The number of hydrogen-bond acceptors (Lipinski definition) is 6. The first-order chi connectivity index (χ1) is 12.3. The molecule has 140 valence electrons. The zero-order chi connectivity index (χ0) is 20.3. The molecule has 0 saturated heterocycles. The van der Waals surface area contributed by atoms with Crippen molar-refractivity contribution in [1.82, 2.24) is 0 Å². The van der Waals surface area contributed by atoms with Crippen LogP contribution < -0.4 is 11.5 Å². The molecule has 0 unspecified atom stereocenters. The van der Waals surface area contributed by atoms with Crippen molar-refractivity contribution < 1.29 is 29.4 Å². The van der Waals surface area contributed by atoms with Gasteiger partial charge in [-0.05, 0) is 25.2 Å². The smallest absolute Gasteiger partial charge is 0.336 e. The third kappa shape index (κ3) is 5.47. The summed E-state index contributed by atoms with van der Waals surface area (Å²) in [7, 11) is 0. The number of rotatable bonds is 4. The fraction of sp³-hybridized carbons (Fsp3) is 0.222. The van der Waals surface area contributed by atoms with Crippen molar-refractivity contribution in [3.05, 3.63) is 46.5 Å². The Morgan fingerprint density at radius 1 is 0.808 bits per heavy atom. The van der Waals surface area contributed by atoms with E-state index in [4.69, 9.17) is 21.7 Å². The van der Waals surface area contributed by atoms with Gasteiger partial charge in [0.2, 0.25) is 0 Å². The lowest BCUT2D eigenvalue weighted by atomic mass is 9.92. The van der Waals surface area contributed by atoms with Gasteiger partial charge in [-0.3, -0.25) is 9.59 Å². The predicted molar refractivity (Wildman–Crippen MR) is 98.1 cm³/mol. The zero-order valence-electron chi connectivity index (χ0n) is 14.6. The first-order valence-electron chi connectivity index (χ1n) is 7.71. The van der Waals surface area contributed by atoms with Crippen LogP contribution in [0.2, 0.25) is 0 Å². The van der Waals surface area contributed by atoms with Gasteiger partial charge in [0.1, 0.15) is 0 Å². The molecule has 0 saturated carbocycles. The first kappa shape index (κ1) is 22.9. The van der Waals surface area contributed by atoms with E-state index in [-0.39, 0.29) is 33.0 Å². The molecule has 0 atom stereocenters. The Balaban J connectivity index is 0.000000918. The molecule has 0 radical (unpaired) electrons. The predicted octanol–water partition coefficient (Wildman–Crippen LogP) is 1.79. The lowest BCUT2D eigenvalue weighted by Crippen LogP contribution is -2.06. The third-order valence-electron chi connectivity index (χ3n) is 2.94. The van der Waals surface area contributed by atoms with Crippen LogP contribution in [-0.2, 0) is 0 Å². The molecule has 0 fully saturated rings. The molecule has 0 amide bonds. The molecule has 6 N–H and O–H groups in total. The second-order valence-corrected chi connectivity index (χ2v) is 4.82. The van der Waals surface area contributed by atoms with E-state index in [2.05, 4.69) is 0 Å². The van der Waals surface area contributed by atoms with Crippen molar-refractivity contribution in [1.29, 1.82) is 0 Å². The Kier molecular flexibility index (Phi) is 10.1. The van der Waals surface area contributed by atoms with Gasteiger partial charge in [-0.2, -0.15) is 0 Å². The quantitative estimate of drug-likeness (QED) is 0.598. The average Bonchev–Trinajstić information content (AvgIpc) is 2.60. The van der Waals surface area contributed by atoms with Crippen molar-refractivity contribution in [2.45, 2.75) is 13.8 Å². The molecule has 0 aliphatic rings. The summed E-state index contributed by atoms with van der Waals surface area (Å²) < 4.78 is 0. The number of nitrogens with two attached hydrogens (primary N) is 2. The molecule has 0 heterocycles.